The Labute approximate surface area is 173 Å². The standard InChI is InChI=1S/C18H27N3O4.2ClH/c1-23-15-9-14(10-16(11-15)24-2)13-20-4-6-21(7-5-20)18(22)17-12-19-3-8-25-17;;/h9-11,17,19H,3-8,12-13H2,1-2H3;2*1H. The van der Waals surface area contributed by atoms with Crippen LogP contribution in [0, 0.1) is 0 Å². The fraction of sp³-hybridized carbons (Fsp3) is 0.611. The molecule has 7 nitrogen and oxygen atoms in total. The number of hydrogen-bond acceptors (Lipinski definition) is 6. The van der Waals surface area contributed by atoms with Crippen LogP contribution >= 0.6 is 24.8 Å². The number of morpholine rings is 1. The van der Waals surface area contributed by atoms with E-state index in [0.717, 1.165) is 56.3 Å². The molecule has 0 radical (unpaired) electrons. The second kappa shape index (κ2) is 11.6. The van der Waals surface area contributed by atoms with E-state index in [0.29, 0.717) is 13.2 Å². The van der Waals surface area contributed by atoms with Gasteiger partial charge in [0.1, 0.15) is 17.6 Å². The highest BCUT2D eigenvalue weighted by atomic mass is 35.5. The van der Waals surface area contributed by atoms with Crippen molar-refractivity contribution in [3.8, 4) is 11.5 Å². The maximum atomic E-state index is 12.5. The van der Waals surface area contributed by atoms with Crippen LogP contribution < -0.4 is 14.8 Å². The highest BCUT2D eigenvalue weighted by Crippen LogP contribution is 2.23. The van der Waals surface area contributed by atoms with Gasteiger partial charge in [-0.15, -0.1) is 24.8 Å². The van der Waals surface area contributed by atoms with E-state index >= 15 is 0 Å². The number of halogens is 2. The van der Waals surface area contributed by atoms with Gasteiger partial charge in [-0.2, -0.15) is 0 Å². The summed E-state index contributed by atoms with van der Waals surface area (Å²) in [7, 11) is 3.32. The summed E-state index contributed by atoms with van der Waals surface area (Å²) in [6, 6.07) is 5.93. The molecule has 154 valence electrons. The number of carbonyl (C=O) groups excluding carboxylic acids is 1. The molecule has 1 N–H and O–H groups in total. The number of nitrogens with zero attached hydrogens (tertiary/aromatic N) is 2. The smallest absolute Gasteiger partial charge is 0.253 e. The zero-order valence-electron chi connectivity index (χ0n) is 15.8. The van der Waals surface area contributed by atoms with E-state index in [2.05, 4.69) is 10.2 Å². The van der Waals surface area contributed by atoms with Crippen molar-refractivity contribution >= 4 is 30.7 Å². The van der Waals surface area contributed by atoms with Crippen LogP contribution in [0.4, 0.5) is 0 Å². The van der Waals surface area contributed by atoms with Gasteiger partial charge in [0.05, 0.1) is 20.8 Å². The normalized spacial score (nSPS) is 20.2. The van der Waals surface area contributed by atoms with Gasteiger partial charge in [-0.1, -0.05) is 0 Å². The first kappa shape index (κ1) is 23.8. The van der Waals surface area contributed by atoms with Gasteiger partial charge < -0.3 is 24.4 Å². The molecule has 2 heterocycles. The lowest BCUT2D eigenvalue weighted by atomic mass is 10.1. The van der Waals surface area contributed by atoms with Gasteiger partial charge in [-0.25, -0.2) is 0 Å². The lowest BCUT2D eigenvalue weighted by Crippen LogP contribution is -2.54. The van der Waals surface area contributed by atoms with Crippen molar-refractivity contribution in [3.05, 3.63) is 23.8 Å². The van der Waals surface area contributed by atoms with Gasteiger partial charge in [-0.3, -0.25) is 9.69 Å². The molecule has 9 heteroatoms. The lowest BCUT2D eigenvalue weighted by Gasteiger charge is -2.37. The fourth-order valence-electron chi connectivity index (χ4n) is 3.27. The molecule has 0 aromatic heterocycles. The minimum atomic E-state index is -0.331. The lowest BCUT2D eigenvalue weighted by molar-refractivity contribution is -0.147. The number of rotatable bonds is 5. The van der Waals surface area contributed by atoms with E-state index in [1.807, 2.05) is 23.1 Å². The molecule has 1 amide bonds. The average Bonchev–Trinajstić information content (AvgIpc) is 2.68. The number of benzene rings is 1. The Morgan fingerprint density at radius 2 is 1.74 bits per heavy atom. The third-order valence-corrected chi connectivity index (χ3v) is 4.70. The van der Waals surface area contributed by atoms with Crippen LogP contribution in [0.2, 0.25) is 0 Å². The summed E-state index contributed by atoms with van der Waals surface area (Å²) < 4.78 is 16.2. The van der Waals surface area contributed by atoms with Gasteiger partial charge >= 0.3 is 0 Å². The topological polar surface area (TPSA) is 63.3 Å². The fourth-order valence-corrected chi connectivity index (χ4v) is 3.27. The highest BCUT2D eigenvalue weighted by Gasteiger charge is 2.29. The molecule has 0 aliphatic carbocycles. The van der Waals surface area contributed by atoms with E-state index in [4.69, 9.17) is 14.2 Å². The Balaban J connectivity index is 0.00000182. The summed E-state index contributed by atoms with van der Waals surface area (Å²) in [5, 5.41) is 3.21. The second-order valence-electron chi connectivity index (χ2n) is 6.39. The van der Waals surface area contributed by atoms with Crippen LogP contribution in [-0.2, 0) is 16.1 Å². The molecule has 0 saturated carbocycles. The Morgan fingerprint density at radius 3 is 2.26 bits per heavy atom. The third kappa shape index (κ3) is 6.40. The summed E-state index contributed by atoms with van der Waals surface area (Å²) in [6.45, 7) is 6.03. The van der Waals surface area contributed by atoms with Crippen LogP contribution in [-0.4, -0.2) is 81.9 Å². The van der Waals surface area contributed by atoms with Crippen molar-refractivity contribution < 1.29 is 19.0 Å². The molecule has 2 fully saturated rings. The molecule has 1 aromatic rings. The van der Waals surface area contributed by atoms with E-state index in [9.17, 15) is 4.79 Å². The van der Waals surface area contributed by atoms with Gasteiger partial charge in [0.2, 0.25) is 0 Å². The molecule has 2 aliphatic rings. The number of ether oxygens (including phenoxy) is 3. The molecule has 0 spiro atoms. The molecule has 1 atom stereocenters. The monoisotopic (exact) mass is 421 g/mol. The molecule has 27 heavy (non-hydrogen) atoms. The predicted molar refractivity (Wildman–Crippen MR) is 109 cm³/mol. The Bertz CT molecular complexity index is 570. The Kier molecular flexibility index (Phi) is 10.2. The van der Waals surface area contributed by atoms with Crippen molar-refractivity contribution in [1.82, 2.24) is 15.1 Å². The average molecular weight is 422 g/mol. The number of piperazine rings is 1. The van der Waals surface area contributed by atoms with Gasteiger partial charge in [0.25, 0.3) is 5.91 Å². The van der Waals surface area contributed by atoms with Crippen molar-refractivity contribution in [2.45, 2.75) is 12.6 Å². The molecular weight excluding hydrogens is 393 g/mol. The summed E-state index contributed by atoms with van der Waals surface area (Å²) in [6.07, 6.45) is -0.331. The quantitative estimate of drug-likeness (QED) is 0.769. The van der Waals surface area contributed by atoms with Crippen molar-refractivity contribution in [1.29, 1.82) is 0 Å². The zero-order valence-corrected chi connectivity index (χ0v) is 17.4. The summed E-state index contributed by atoms with van der Waals surface area (Å²) in [4.78, 5) is 16.8. The van der Waals surface area contributed by atoms with Crippen LogP contribution in [0.3, 0.4) is 0 Å². The van der Waals surface area contributed by atoms with Crippen LogP contribution in [0.15, 0.2) is 18.2 Å². The number of methoxy groups -OCH3 is 2. The van der Waals surface area contributed by atoms with Crippen LogP contribution in [0.1, 0.15) is 5.56 Å². The zero-order chi connectivity index (χ0) is 17.6. The number of hydrogen-bond donors (Lipinski definition) is 1. The number of nitrogens with one attached hydrogen (secondary N) is 1. The predicted octanol–water partition coefficient (Wildman–Crippen LogP) is 1.18. The summed E-state index contributed by atoms with van der Waals surface area (Å²) >= 11 is 0. The molecule has 2 aliphatic heterocycles. The molecule has 0 bridgehead atoms. The summed E-state index contributed by atoms with van der Waals surface area (Å²) in [5.74, 6) is 1.70. The Morgan fingerprint density at radius 1 is 1.11 bits per heavy atom. The van der Waals surface area contributed by atoms with Crippen molar-refractivity contribution in [2.24, 2.45) is 0 Å². The first-order valence-electron chi connectivity index (χ1n) is 8.75. The van der Waals surface area contributed by atoms with Crippen molar-refractivity contribution in [3.63, 3.8) is 0 Å². The van der Waals surface area contributed by atoms with Gasteiger partial charge in [0, 0.05) is 51.9 Å². The third-order valence-electron chi connectivity index (χ3n) is 4.70. The second-order valence-corrected chi connectivity index (χ2v) is 6.39. The number of amides is 1. The minimum absolute atomic E-state index is 0. The van der Waals surface area contributed by atoms with Crippen LogP contribution in [0.25, 0.3) is 0 Å². The maximum absolute atomic E-state index is 12.5. The largest absolute Gasteiger partial charge is 0.497 e. The minimum Gasteiger partial charge on any atom is -0.497 e. The molecule has 1 aromatic carbocycles. The molecule has 2 saturated heterocycles. The summed E-state index contributed by atoms with van der Waals surface area (Å²) in [5.41, 5.74) is 1.15. The first-order chi connectivity index (χ1) is 12.2. The molecule has 1 unspecified atom stereocenters. The SMILES string of the molecule is COc1cc(CN2CCN(C(=O)C3CNCCO3)CC2)cc(OC)c1.Cl.Cl. The van der Waals surface area contributed by atoms with E-state index < -0.39 is 0 Å². The van der Waals surface area contributed by atoms with E-state index in [1.54, 1.807) is 14.2 Å². The van der Waals surface area contributed by atoms with Crippen LogP contribution in [0.5, 0.6) is 11.5 Å². The highest BCUT2D eigenvalue weighted by molar-refractivity contribution is 5.85. The van der Waals surface area contributed by atoms with E-state index in [1.165, 1.54) is 0 Å². The van der Waals surface area contributed by atoms with Gasteiger partial charge in [-0.05, 0) is 17.7 Å². The molecule has 3 rings (SSSR count). The molecular formula is C18H29Cl2N3O4. The van der Waals surface area contributed by atoms with Gasteiger partial charge in [0.15, 0.2) is 0 Å². The van der Waals surface area contributed by atoms with Crippen molar-refractivity contribution in [2.75, 3.05) is 60.1 Å². The Hall–Kier alpha value is -1.25. The van der Waals surface area contributed by atoms with E-state index in [-0.39, 0.29) is 36.8 Å². The number of carbonyl (C=O) groups is 1. The first-order valence-corrected chi connectivity index (χ1v) is 8.75. The maximum Gasteiger partial charge on any atom is 0.253 e.